The number of H-pyrrole nitrogens is 2. The van der Waals surface area contributed by atoms with E-state index in [9.17, 15) is 9.59 Å². The van der Waals surface area contributed by atoms with E-state index in [2.05, 4.69) is 55.2 Å². The van der Waals surface area contributed by atoms with E-state index in [0.717, 1.165) is 101 Å². The molecule has 0 radical (unpaired) electrons. The van der Waals surface area contributed by atoms with Crippen molar-refractivity contribution < 1.29 is 19.1 Å². The molecule has 1 aromatic carbocycles. The van der Waals surface area contributed by atoms with Crippen LogP contribution in [-0.2, 0) is 19.1 Å². The number of allylic oxidation sites excluding steroid dienone is 4. The highest BCUT2D eigenvalue weighted by Gasteiger charge is 2.28. The molecular formula is C42H42N4O4. The highest BCUT2D eigenvalue weighted by molar-refractivity contribution is 6.03. The molecule has 8 bridgehead atoms. The smallest absolute Gasteiger partial charge is 0.305 e. The van der Waals surface area contributed by atoms with Gasteiger partial charge in [0.05, 0.1) is 37.0 Å². The van der Waals surface area contributed by atoms with E-state index in [-0.39, 0.29) is 24.8 Å². The fourth-order valence-electron chi connectivity index (χ4n) is 6.93. The first-order chi connectivity index (χ1) is 24.1. The Kier molecular flexibility index (Phi) is 9.55. The number of esters is 2. The predicted molar refractivity (Wildman–Crippen MR) is 204 cm³/mol. The van der Waals surface area contributed by atoms with Gasteiger partial charge in [0.2, 0.25) is 0 Å². The van der Waals surface area contributed by atoms with Crippen molar-refractivity contribution in [1.29, 1.82) is 0 Å². The van der Waals surface area contributed by atoms with E-state index in [4.69, 9.17) is 19.4 Å². The van der Waals surface area contributed by atoms with Crippen molar-refractivity contribution in [3.05, 3.63) is 107 Å². The Morgan fingerprint density at radius 3 is 1.52 bits per heavy atom. The number of carbonyl (C=O) groups excluding carboxylic acids is 2. The Balaban J connectivity index is 1.84. The summed E-state index contributed by atoms with van der Waals surface area (Å²) in [5, 5.41) is 0. The van der Waals surface area contributed by atoms with E-state index in [1.807, 2.05) is 56.3 Å². The molecule has 0 fully saturated rings. The van der Waals surface area contributed by atoms with Crippen LogP contribution in [0.4, 0.5) is 0 Å². The van der Waals surface area contributed by atoms with Gasteiger partial charge < -0.3 is 19.4 Å². The minimum absolute atomic E-state index is 0.191. The average Bonchev–Trinajstić information content (AvgIpc) is 3.79. The van der Waals surface area contributed by atoms with Crippen LogP contribution in [0, 0.1) is 13.8 Å². The van der Waals surface area contributed by atoms with Gasteiger partial charge in [0, 0.05) is 51.6 Å². The van der Waals surface area contributed by atoms with Crippen molar-refractivity contribution in [2.45, 2.75) is 53.4 Å². The number of rotatable bonds is 9. The molecule has 3 aromatic heterocycles. The second kappa shape index (κ2) is 14.0. The van der Waals surface area contributed by atoms with Crippen LogP contribution in [0.3, 0.4) is 0 Å². The zero-order chi connectivity index (χ0) is 35.7. The standard InChI is InChI=1S/C42H42N4O4/c1-9-28-23(3)32-20-33-24(4)29(10-2)37(44-33)22-35-26(6)31(17-19-39(48)50-8)42(46-35)40(27-14-12-11-13-15-27)41-30(16-18-38(47)49-7)25(5)34(45-41)21-36(28)43-32/h9-15,20-22,43-44H,1-2,16-19H2,3-8H3. The van der Waals surface area contributed by atoms with E-state index in [0.29, 0.717) is 12.8 Å². The molecule has 254 valence electrons. The van der Waals surface area contributed by atoms with Gasteiger partial charge in [-0.1, -0.05) is 55.6 Å². The summed E-state index contributed by atoms with van der Waals surface area (Å²) in [4.78, 5) is 43.0. The maximum atomic E-state index is 12.5. The van der Waals surface area contributed by atoms with Crippen molar-refractivity contribution in [1.82, 2.24) is 19.9 Å². The van der Waals surface area contributed by atoms with Gasteiger partial charge in [-0.25, -0.2) is 9.97 Å². The molecule has 0 spiro atoms. The van der Waals surface area contributed by atoms with Crippen molar-refractivity contribution >= 4 is 68.4 Å². The first-order valence-corrected chi connectivity index (χ1v) is 16.7. The molecule has 0 amide bonds. The number of ether oxygens (including phenoxy) is 2. The minimum atomic E-state index is -0.299. The highest BCUT2D eigenvalue weighted by Crippen LogP contribution is 2.44. The number of fused-ring (bicyclic) bond motifs is 8. The van der Waals surface area contributed by atoms with Crippen LogP contribution in [-0.4, -0.2) is 46.1 Å². The van der Waals surface area contributed by atoms with Crippen LogP contribution in [0.2, 0.25) is 0 Å². The highest BCUT2D eigenvalue weighted by atomic mass is 16.5. The molecule has 0 aliphatic carbocycles. The molecule has 2 aliphatic heterocycles. The molecule has 2 aliphatic rings. The Labute approximate surface area is 292 Å². The molecule has 0 saturated carbocycles. The van der Waals surface area contributed by atoms with Gasteiger partial charge in [0.1, 0.15) is 0 Å². The lowest BCUT2D eigenvalue weighted by Gasteiger charge is -2.13. The maximum absolute atomic E-state index is 12.5. The van der Waals surface area contributed by atoms with E-state index >= 15 is 0 Å². The minimum Gasteiger partial charge on any atom is -0.469 e. The third-order valence-corrected chi connectivity index (χ3v) is 9.85. The summed E-state index contributed by atoms with van der Waals surface area (Å²) in [5.41, 5.74) is 16.3. The molecular weight excluding hydrogens is 624 g/mol. The largest absolute Gasteiger partial charge is 0.469 e. The van der Waals surface area contributed by atoms with Gasteiger partial charge in [-0.05, 0) is 97.7 Å². The lowest BCUT2D eigenvalue weighted by Crippen LogP contribution is -2.02. The van der Waals surface area contributed by atoms with Crippen LogP contribution in [0.1, 0.15) is 84.6 Å². The number of aryl methyl sites for hydroxylation is 2. The van der Waals surface area contributed by atoms with Crippen LogP contribution in [0.15, 0.2) is 61.7 Å². The van der Waals surface area contributed by atoms with Crippen molar-refractivity contribution in [3.8, 4) is 11.1 Å². The summed E-state index contributed by atoms with van der Waals surface area (Å²) in [6, 6.07) is 16.3. The molecule has 8 heteroatoms. The van der Waals surface area contributed by atoms with Gasteiger partial charge in [-0.15, -0.1) is 0 Å². The summed E-state index contributed by atoms with van der Waals surface area (Å²) in [7, 11) is 2.81. The number of hydrogen-bond acceptors (Lipinski definition) is 6. The average molecular weight is 667 g/mol. The normalized spacial score (nSPS) is 12.7. The molecule has 2 N–H and O–H groups in total. The Morgan fingerprint density at radius 1 is 0.680 bits per heavy atom. The molecule has 0 atom stereocenters. The van der Waals surface area contributed by atoms with E-state index in [1.54, 1.807) is 0 Å². The number of nitrogens with one attached hydrogen (secondary N) is 2. The lowest BCUT2D eigenvalue weighted by atomic mass is 9.90. The molecule has 5 heterocycles. The number of aromatic nitrogens is 4. The van der Waals surface area contributed by atoms with Gasteiger partial charge in [-0.2, -0.15) is 0 Å². The second-order valence-corrected chi connectivity index (χ2v) is 12.6. The first kappa shape index (κ1) is 34.1. The summed E-state index contributed by atoms with van der Waals surface area (Å²) < 4.78 is 10.1. The number of hydrogen-bond donors (Lipinski definition) is 2. The summed E-state index contributed by atoms with van der Waals surface area (Å²) >= 11 is 0. The fraction of sp³-hybridized carbons (Fsp3) is 0.238. The van der Waals surface area contributed by atoms with Crippen LogP contribution in [0.5, 0.6) is 0 Å². The van der Waals surface area contributed by atoms with Crippen molar-refractivity contribution in [3.63, 3.8) is 0 Å². The molecule has 0 saturated heterocycles. The lowest BCUT2D eigenvalue weighted by molar-refractivity contribution is -0.141. The summed E-state index contributed by atoms with van der Waals surface area (Å²) in [6.45, 7) is 16.5. The molecule has 6 rings (SSSR count). The molecule has 8 nitrogen and oxygen atoms in total. The van der Waals surface area contributed by atoms with E-state index < -0.39 is 0 Å². The van der Waals surface area contributed by atoms with Gasteiger partial charge in [-0.3, -0.25) is 9.59 Å². The SMILES string of the molecule is C=Cc1c(C)c2cc3[nH]c(cc4nc(c(-c5ccccc5)c5nc(cc1[nH]2)C(C)=C5CCC(=O)OC)C(CCC(=O)OC)=C4C)c(C=C)c3C. The zero-order valence-electron chi connectivity index (χ0n) is 29.5. The van der Waals surface area contributed by atoms with Gasteiger partial charge >= 0.3 is 11.9 Å². The Bertz CT molecular complexity index is 2160. The predicted octanol–water partition coefficient (Wildman–Crippen LogP) is 9.65. The quantitative estimate of drug-likeness (QED) is 0.172. The zero-order valence-corrected chi connectivity index (χ0v) is 29.5. The number of benzene rings is 1. The Hall–Kier alpha value is -5.76. The maximum Gasteiger partial charge on any atom is 0.305 e. The van der Waals surface area contributed by atoms with Crippen molar-refractivity contribution in [2.24, 2.45) is 0 Å². The second-order valence-electron chi connectivity index (χ2n) is 12.6. The van der Waals surface area contributed by atoms with Crippen LogP contribution < -0.4 is 0 Å². The molecule has 50 heavy (non-hydrogen) atoms. The Morgan fingerprint density at radius 2 is 1.12 bits per heavy atom. The van der Waals surface area contributed by atoms with Crippen LogP contribution >= 0.6 is 0 Å². The number of methoxy groups -OCH3 is 2. The first-order valence-electron chi connectivity index (χ1n) is 16.7. The summed E-state index contributed by atoms with van der Waals surface area (Å²) in [5.74, 6) is -0.598. The fourth-order valence-corrected chi connectivity index (χ4v) is 6.93. The topological polar surface area (TPSA) is 110 Å². The van der Waals surface area contributed by atoms with Gasteiger partial charge in [0.25, 0.3) is 0 Å². The number of carbonyl (C=O) groups is 2. The van der Waals surface area contributed by atoms with Crippen LogP contribution in [0.25, 0.3) is 67.6 Å². The van der Waals surface area contributed by atoms with E-state index in [1.165, 1.54) is 14.2 Å². The molecule has 4 aromatic rings. The van der Waals surface area contributed by atoms with Gasteiger partial charge in [0.15, 0.2) is 0 Å². The number of aromatic amines is 2. The summed E-state index contributed by atoms with van der Waals surface area (Å²) in [6.07, 6.45) is 4.95. The molecule has 0 unspecified atom stereocenters. The monoisotopic (exact) mass is 666 g/mol. The third-order valence-electron chi connectivity index (χ3n) is 9.85. The van der Waals surface area contributed by atoms with Crippen molar-refractivity contribution in [2.75, 3.05) is 14.2 Å². The number of nitrogens with zero attached hydrogens (tertiary/aromatic N) is 2. The third kappa shape index (κ3) is 6.13.